The fourth-order valence-electron chi connectivity index (χ4n) is 1.57. The van der Waals surface area contributed by atoms with E-state index in [1.165, 1.54) is 0 Å². The maximum absolute atomic E-state index is 10.4. The molecule has 1 aliphatic rings. The molecule has 0 radical (unpaired) electrons. The minimum absolute atomic E-state index is 0.137. The molecule has 1 aliphatic heterocycles. The Morgan fingerprint density at radius 2 is 2.07 bits per heavy atom. The van der Waals surface area contributed by atoms with Gasteiger partial charge in [0.15, 0.2) is 0 Å². The second kappa shape index (κ2) is 4.61. The Balaban J connectivity index is 2.41. The minimum Gasteiger partial charge on any atom is -0.465 e. The van der Waals surface area contributed by atoms with Gasteiger partial charge in [0.1, 0.15) is 0 Å². The highest BCUT2D eigenvalue weighted by Gasteiger charge is 2.28. The summed E-state index contributed by atoms with van der Waals surface area (Å²) in [7, 11) is 0. The predicted octanol–water partition coefficient (Wildman–Crippen LogP) is 0.365. The van der Waals surface area contributed by atoms with E-state index >= 15 is 0 Å². The summed E-state index contributed by atoms with van der Waals surface area (Å²) in [5.41, 5.74) is -0.137. The van der Waals surface area contributed by atoms with Gasteiger partial charge in [0.2, 0.25) is 0 Å². The molecule has 0 bridgehead atoms. The Bertz CT molecular complexity index is 200. The summed E-state index contributed by atoms with van der Waals surface area (Å²) >= 11 is 0. The number of nitrogens with one attached hydrogen (secondary N) is 1. The molecule has 1 heterocycles. The van der Waals surface area contributed by atoms with Crippen LogP contribution in [0.15, 0.2) is 0 Å². The molecule has 0 spiro atoms. The van der Waals surface area contributed by atoms with E-state index in [1.54, 1.807) is 0 Å². The zero-order chi connectivity index (χ0) is 10.6. The van der Waals surface area contributed by atoms with Gasteiger partial charge in [-0.05, 0) is 13.8 Å². The van der Waals surface area contributed by atoms with Crippen LogP contribution in [0, 0.1) is 0 Å². The van der Waals surface area contributed by atoms with Crippen LogP contribution in [0.1, 0.15) is 13.8 Å². The van der Waals surface area contributed by atoms with Gasteiger partial charge in [-0.25, -0.2) is 4.79 Å². The Morgan fingerprint density at radius 1 is 1.50 bits per heavy atom. The molecule has 2 N–H and O–H groups in total. The van der Waals surface area contributed by atoms with Crippen LogP contribution in [-0.4, -0.2) is 54.5 Å². The number of carbonyl (C=O) groups is 1. The van der Waals surface area contributed by atoms with Crippen molar-refractivity contribution in [2.75, 3.05) is 32.8 Å². The molecular formula is C9H18N2O3. The number of ether oxygens (including phenoxy) is 1. The monoisotopic (exact) mass is 202 g/mol. The van der Waals surface area contributed by atoms with Crippen molar-refractivity contribution in [2.24, 2.45) is 0 Å². The lowest BCUT2D eigenvalue weighted by molar-refractivity contribution is -0.00919. The van der Waals surface area contributed by atoms with Gasteiger partial charge in [0.25, 0.3) is 0 Å². The van der Waals surface area contributed by atoms with Gasteiger partial charge < -0.3 is 15.2 Å². The van der Waals surface area contributed by atoms with Crippen molar-refractivity contribution < 1.29 is 14.6 Å². The van der Waals surface area contributed by atoms with Crippen molar-refractivity contribution in [3.8, 4) is 0 Å². The Labute approximate surface area is 84.0 Å². The Morgan fingerprint density at radius 3 is 2.57 bits per heavy atom. The number of morpholine rings is 1. The normalized spacial score (nSPS) is 19.3. The summed E-state index contributed by atoms with van der Waals surface area (Å²) in [6, 6.07) is 0. The fraction of sp³-hybridized carbons (Fsp3) is 0.889. The molecule has 0 saturated carbocycles. The fourth-order valence-corrected chi connectivity index (χ4v) is 1.57. The molecule has 0 unspecified atom stereocenters. The zero-order valence-corrected chi connectivity index (χ0v) is 8.75. The molecule has 5 heteroatoms. The Hall–Kier alpha value is -0.810. The number of hydrogen-bond acceptors (Lipinski definition) is 3. The average molecular weight is 202 g/mol. The van der Waals surface area contributed by atoms with Gasteiger partial charge in [0, 0.05) is 25.2 Å². The highest BCUT2D eigenvalue weighted by molar-refractivity contribution is 5.64. The predicted molar refractivity (Wildman–Crippen MR) is 52.5 cm³/mol. The first kappa shape index (κ1) is 11.3. The lowest BCUT2D eigenvalue weighted by Crippen LogP contribution is -2.55. The number of nitrogens with zero attached hydrogens (tertiary/aromatic N) is 1. The Kier molecular flexibility index (Phi) is 3.71. The highest BCUT2D eigenvalue weighted by atomic mass is 16.5. The van der Waals surface area contributed by atoms with Crippen LogP contribution in [0.25, 0.3) is 0 Å². The molecule has 1 saturated heterocycles. The van der Waals surface area contributed by atoms with Gasteiger partial charge in [-0.3, -0.25) is 4.90 Å². The summed E-state index contributed by atoms with van der Waals surface area (Å²) in [5.74, 6) is 0. The van der Waals surface area contributed by atoms with Gasteiger partial charge in [0.05, 0.1) is 13.2 Å². The van der Waals surface area contributed by atoms with Crippen molar-refractivity contribution >= 4 is 6.09 Å². The largest absolute Gasteiger partial charge is 0.465 e. The molecule has 1 amide bonds. The molecule has 14 heavy (non-hydrogen) atoms. The first-order valence-corrected chi connectivity index (χ1v) is 4.82. The van der Waals surface area contributed by atoms with E-state index in [1.807, 2.05) is 13.8 Å². The summed E-state index contributed by atoms with van der Waals surface area (Å²) in [5, 5.41) is 10.9. The minimum atomic E-state index is -0.966. The van der Waals surface area contributed by atoms with E-state index in [2.05, 4.69) is 10.2 Å². The van der Waals surface area contributed by atoms with E-state index in [9.17, 15) is 4.79 Å². The van der Waals surface area contributed by atoms with E-state index < -0.39 is 6.09 Å². The maximum atomic E-state index is 10.4. The lowest BCUT2D eigenvalue weighted by Gasteiger charge is -2.40. The van der Waals surface area contributed by atoms with Crippen LogP contribution in [0.5, 0.6) is 0 Å². The molecule has 0 aliphatic carbocycles. The van der Waals surface area contributed by atoms with Gasteiger partial charge in [-0.2, -0.15) is 0 Å². The first-order valence-electron chi connectivity index (χ1n) is 4.82. The number of carboxylic acid groups (broad SMARTS) is 1. The van der Waals surface area contributed by atoms with E-state index in [-0.39, 0.29) is 5.54 Å². The van der Waals surface area contributed by atoms with Crippen LogP contribution in [0.4, 0.5) is 4.79 Å². The van der Waals surface area contributed by atoms with Crippen LogP contribution < -0.4 is 5.32 Å². The molecule has 0 aromatic heterocycles. The second-order valence-electron chi connectivity index (χ2n) is 4.07. The molecule has 0 aromatic carbocycles. The van der Waals surface area contributed by atoms with Crippen molar-refractivity contribution in [1.29, 1.82) is 0 Å². The lowest BCUT2D eigenvalue weighted by atomic mass is 10.0. The third-order valence-electron chi connectivity index (χ3n) is 2.54. The zero-order valence-electron chi connectivity index (χ0n) is 8.75. The number of amides is 1. The third kappa shape index (κ3) is 3.16. The number of rotatable bonds is 3. The van der Waals surface area contributed by atoms with Crippen molar-refractivity contribution in [2.45, 2.75) is 19.4 Å². The summed E-state index contributed by atoms with van der Waals surface area (Å²) in [6.07, 6.45) is -0.966. The SMILES string of the molecule is CC(C)(CNC(=O)O)N1CCOCC1. The summed E-state index contributed by atoms with van der Waals surface area (Å²) in [6.45, 7) is 7.72. The molecular weight excluding hydrogens is 184 g/mol. The summed E-state index contributed by atoms with van der Waals surface area (Å²) < 4.78 is 5.24. The second-order valence-corrected chi connectivity index (χ2v) is 4.07. The highest BCUT2D eigenvalue weighted by Crippen LogP contribution is 2.14. The van der Waals surface area contributed by atoms with Crippen molar-refractivity contribution in [3.05, 3.63) is 0 Å². The topological polar surface area (TPSA) is 61.8 Å². The van der Waals surface area contributed by atoms with Crippen LogP contribution in [-0.2, 0) is 4.74 Å². The maximum Gasteiger partial charge on any atom is 0.404 e. The van der Waals surface area contributed by atoms with E-state index in [0.717, 1.165) is 26.3 Å². The van der Waals surface area contributed by atoms with Crippen LogP contribution in [0.3, 0.4) is 0 Å². The van der Waals surface area contributed by atoms with Crippen molar-refractivity contribution in [3.63, 3.8) is 0 Å². The average Bonchev–Trinajstić information content (AvgIpc) is 2.16. The quantitative estimate of drug-likeness (QED) is 0.694. The van der Waals surface area contributed by atoms with Crippen LogP contribution in [0.2, 0.25) is 0 Å². The molecule has 5 nitrogen and oxygen atoms in total. The van der Waals surface area contributed by atoms with Gasteiger partial charge in [-0.15, -0.1) is 0 Å². The molecule has 82 valence electrons. The van der Waals surface area contributed by atoms with E-state index in [0.29, 0.717) is 6.54 Å². The van der Waals surface area contributed by atoms with Crippen LogP contribution >= 0.6 is 0 Å². The van der Waals surface area contributed by atoms with Gasteiger partial charge >= 0.3 is 6.09 Å². The molecule has 1 rings (SSSR count). The first-order chi connectivity index (χ1) is 6.52. The van der Waals surface area contributed by atoms with E-state index in [4.69, 9.17) is 9.84 Å². The molecule has 1 fully saturated rings. The molecule has 0 atom stereocenters. The van der Waals surface area contributed by atoms with Crippen molar-refractivity contribution in [1.82, 2.24) is 10.2 Å². The third-order valence-corrected chi connectivity index (χ3v) is 2.54. The van der Waals surface area contributed by atoms with Gasteiger partial charge in [-0.1, -0.05) is 0 Å². The smallest absolute Gasteiger partial charge is 0.404 e. The molecule has 0 aromatic rings. The summed E-state index contributed by atoms with van der Waals surface area (Å²) in [4.78, 5) is 12.6. The standard InChI is InChI=1S/C9H18N2O3/c1-9(2,7-10-8(12)13)11-3-5-14-6-4-11/h10H,3-7H2,1-2H3,(H,12,13). The number of hydrogen-bond donors (Lipinski definition) is 2.